The van der Waals surface area contributed by atoms with Gasteiger partial charge in [0.2, 0.25) is 0 Å². The van der Waals surface area contributed by atoms with Crippen molar-refractivity contribution in [2.24, 2.45) is 23.5 Å². The Bertz CT molecular complexity index is 190. The van der Waals surface area contributed by atoms with E-state index in [1.807, 2.05) is 0 Å². The molecule has 0 heterocycles. The molecule has 18 heavy (non-hydrogen) atoms. The average Bonchev–Trinajstić information content (AvgIpc) is 2.39. The molecule has 1 heteroatoms. The smallest absolute Gasteiger partial charge is 0.00462 e. The Kier molecular flexibility index (Phi) is 8.75. The van der Waals surface area contributed by atoms with Crippen LogP contribution in [0.1, 0.15) is 84.5 Å². The van der Waals surface area contributed by atoms with Gasteiger partial charge in [-0.3, -0.25) is 0 Å². The summed E-state index contributed by atoms with van der Waals surface area (Å²) in [5.41, 5.74) is 5.96. The van der Waals surface area contributed by atoms with Gasteiger partial charge in [-0.25, -0.2) is 0 Å². The van der Waals surface area contributed by atoms with E-state index in [4.69, 9.17) is 5.73 Å². The molecule has 1 fully saturated rings. The zero-order chi connectivity index (χ0) is 13.2. The SMILES string of the molecule is CCCCCCCC1CC(CCC)CCC1CN. The number of unbranched alkanes of at least 4 members (excludes halogenated alkanes) is 4. The summed E-state index contributed by atoms with van der Waals surface area (Å²) in [7, 11) is 0. The fourth-order valence-electron chi connectivity index (χ4n) is 3.77. The molecule has 3 unspecified atom stereocenters. The minimum absolute atomic E-state index is 0.837. The molecule has 0 amide bonds. The van der Waals surface area contributed by atoms with Crippen molar-refractivity contribution < 1.29 is 0 Å². The van der Waals surface area contributed by atoms with Crippen molar-refractivity contribution in [3.63, 3.8) is 0 Å². The van der Waals surface area contributed by atoms with Crippen LogP contribution in [0.2, 0.25) is 0 Å². The van der Waals surface area contributed by atoms with Gasteiger partial charge in [-0.05, 0) is 37.1 Å². The van der Waals surface area contributed by atoms with E-state index < -0.39 is 0 Å². The molecule has 1 aliphatic rings. The first kappa shape index (κ1) is 16.0. The molecule has 0 aromatic heterocycles. The Hall–Kier alpha value is -0.0400. The minimum Gasteiger partial charge on any atom is -0.330 e. The van der Waals surface area contributed by atoms with E-state index in [0.29, 0.717) is 0 Å². The topological polar surface area (TPSA) is 26.0 Å². The van der Waals surface area contributed by atoms with E-state index in [0.717, 1.165) is 24.3 Å². The van der Waals surface area contributed by atoms with Crippen molar-refractivity contribution in [1.29, 1.82) is 0 Å². The Balaban J connectivity index is 2.24. The first-order valence-electron chi connectivity index (χ1n) is 8.51. The second-order valence-corrected chi connectivity index (χ2v) is 6.43. The average molecular weight is 253 g/mol. The van der Waals surface area contributed by atoms with Crippen LogP contribution in [0.25, 0.3) is 0 Å². The van der Waals surface area contributed by atoms with Crippen molar-refractivity contribution in [1.82, 2.24) is 0 Å². The van der Waals surface area contributed by atoms with Gasteiger partial charge in [-0.2, -0.15) is 0 Å². The molecule has 0 spiro atoms. The second kappa shape index (κ2) is 9.83. The number of nitrogens with two attached hydrogens (primary N) is 1. The highest BCUT2D eigenvalue weighted by atomic mass is 14.6. The highest BCUT2D eigenvalue weighted by Gasteiger charge is 2.28. The molecule has 0 radical (unpaired) electrons. The summed E-state index contributed by atoms with van der Waals surface area (Å²) in [5, 5.41) is 0. The first-order valence-corrected chi connectivity index (χ1v) is 8.51. The van der Waals surface area contributed by atoms with Crippen LogP contribution in [-0.2, 0) is 0 Å². The van der Waals surface area contributed by atoms with Gasteiger partial charge in [-0.15, -0.1) is 0 Å². The second-order valence-electron chi connectivity index (χ2n) is 6.43. The predicted molar refractivity (Wildman–Crippen MR) is 81.7 cm³/mol. The summed E-state index contributed by atoms with van der Waals surface area (Å²) in [4.78, 5) is 0. The molecule has 2 N–H and O–H groups in total. The Morgan fingerprint density at radius 1 is 0.833 bits per heavy atom. The van der Waals surface area contributed by atoms with Gasteiger partial charge in [0.1, 0.15) is 0 Å². The van der Waals surface area contributed by atoms with Crippen LogP contribution in [-0.4, -0.2) is 6.54 Å². The molecule has 0 aromatic rings. The van der Waals surface area contributed by atoms with Gasteiger partial charge in [-0.1, -0.05) is 71.6 Å². The monoisotopic (exact) mass is 253 g/mol. The maximum Gasteiger partial charge on any atom is -0.00462 e. The summed E-state index contributed by atoms with van der Waals surface area (Å²) < 4.78 is 0. The zero-order valence-electron chi connectivity index (χ0n) is 12.8. The van der Waals surface area contributed by atoms with Crippen LogP contribution in [0.4, 0.5) is 0 Å². The van der Waals surface area contributed by atoms with Crippen LogP contribution in [0.5, 0.6) is 0 Å². The third kappa shape index (κ3) is 5.73. The van der Waals surface area contributed by atoms with E-state index in [2.05, 4.69) is 13.8 Å². The maximum atomic E-state index is 5.96. The van der Waals surface area contributed by atoms with Crippen LogP contribution in [0.3, 0.4) is 0 Å². The van der Waals surface area contributed by atoms with Crippen LogP contribution in [0.15, 0.2) is 0 Å². The zero-order valence-corrected chi connectivity index (χ0v) is 12.8. The molecular formula is C17H35N. The van der Waals surface area contributed by atoms with E-state index in [-0.39, 0.29) is 0 Å². The van der Waals surface area contributed by atoms with E-state index in [9.17, 15) is 0 Å². The maximum absolute atomic E-state index is 5.96. The standard InChI is InChI=1S/C17H35N/c1-3-5-6-7-8-10-16-13-15(9-4-2)11-12-17(16)14-18/h15-17H,3-14,18H2,1-2H3. The summed E-state index contributed by atoms with van der Waals surface area (Å²) in [6.07, 6.45) is 15.7. The van der Waals surface area contributed by atoms with E-state index in [1.165, 1.54) is 70.6 Å². The van der Waals surface area contributed by atoms with E-state index >= 15 is 0 Å². The fourth-order valence-corrected chi connectivity index (χ4v) is 3.77. The third-order valence-corrected chi connectivity index (χ3v) is 4.93. The van der Waals surface area contributed by atoms with Crippen molar-refractivity contribution in [2.45, 2.75) is 84.5 Å². The summed E-state index contributed by atoms with van der Waals surface area (Å²) in [6.45, 7) is 5.55. The molecule has 1 aliphatic carbocycles. The quantitative estimate of drug-likeness (QED) is 0.566. The van der Waals surface area contributed by atoms with Gasteiger partial charge in [0.15, 0.2) is 0 Å². The molecule has 108 valence electrons. The normalized spacial score (nSPS) is 28.5. The van der Waals surface area contributed by atoms with Crippen molar-refractivity contribution in [2.75, 3.05) is 6.54 Å². The Morgan fingerprint density at radius 3 is 2.28 bits per heavy atom. The summed E-state index contributed by atoms with van der Waals surface area (Å²) >= 11 is 0. The third-order valence-electron chi connectivity index (χ3n) is 4.93. The van der Waals surface area contributed by atoms with E-state index in [1.54, 1.807) is 0 Å². The van der Waals surface area contributed by atoms with Crippen molar-refractivity contribution >= 4 is 0 Å². The van der Waals surface area contributed by atoms with Crippen molar-refractivity contribution in [3.8, 4) is 0 Å². The number of hydrogen-bond acceptors (Lipinski definition) is 1. The first-order chi connectivity index (χ1) is 8.81. The minimum atomic E-state index is 0.837. The lowest BCUT2D eigenvalue weighted by atomic mass is 9.71. The molecule has 1 saturated carbocycles. The highest BCUT2D eigenvalue weighted by Crippen LogP contribution is 2.38. The molecule has 0 aliphatic heterocycles. The number of hydrogen-bond donors (Lipinski definition) is 1. The van der Waals surface area contributed by atoms with Crippen LogP contribution < -0.4 is 5.73 Å². The Morgan fingerprint density at radius 2 is 1.61 bits per heavy atom. The van der Waals surface area contributed by atoms with Gasteiger partial charge in [0.25, 0.3) is 0 Å². The van der Waals surface area contributed by atoms with Gasteiger partial charge >= 0.3 is 0 Å². The lowest BCUT2D eigenvalue weighted by Crippen LogP contribution is -2.30. The molecule has 3 atom stereocenters. The van der Waals surface area contributed by atoms with Crippen LogP contribution >= 0.6 is 0 Å². The van der Waals surface area contributed by atoms with Crippen molar-refractivity contribution in [3.05, 3.63) is 0 Å². The molecule has 0 saturated heterocycles. The lowest BCUT2D eigenvalue weighted by molar-refractivity contribution is 0.164. The molecule has 0 bridgehead atoms. The number of rotatable bonds is 9. The summed E-state index contributed by atoms with van der Waals surface area (Å²) in [5.74, 6) is 2.80. The fraction of sp³-hybridized carbons (Fsp3) is 1.00. The molecule has 0 aromatic carbocycles. The molecule has 1 nitrogen and oxygen atoms in total. The van der Waals surface area contributed by atoms with Gasteiger partial charge < -0.3 is 5.73 Å². The van der Waals surface area contributed by atoms with Crippen LogP contribution in [0, 0.1) is 17.8 Å². The summed E-state index contributed by atoms with van der Waals surface area (Å²) in [6, 6.07) is 0. The lowest BCUT2D eigenvalue weighted by Gasteiger charge is -2.36. The predicted octanol–water partition coefficient (Wildman–Crippen LogP) is 5.14. The highest BCUT2D eigenvalue weighted by molar-refractivity contribution is 4.80. The largest absolute Gasteiger partial charge is 0.330 e. The van der Waals surface area contributed by atoms with Gasteiger partial charge in [0.05, 0.1) is 0 Å². The molecule has 1 rings (SSSR count). The molecular weight excluding hydrogens is 218 g/mol. The Labute approximate surface area is 115 Å². The van der Waals surface area contributed by atoms with Gasteiger partial charge in [0, 0.05) is 0 Å².